The molecule has 1 heterocycles. The average Bonchev–Trinajstić information content (AvgIpc) is 3.50. The number of fused-ring (bicyclic) bond motifs is 1. The van der Waals surface area contributed by atoms with Gasteiger partial charge in [0.15, 0.2) is 0 Å². The number of H-pyrrole nitrogens is 1. The van der Waals surface area contributed by atoms with Gasteiger partial charge in [-0.15, -0.1) is 0 Å². The summed E-state index contributed by atoms with van der Waals surface area (Å²) in [5.41, 5.74) is 7.51. The number of nitrogens with two attached hydrogens (primary N) is 1. The van der Waals surface area contributed by atoms with Crippen molar-refractivity contribution in [2.75, 3.05) is 18.1 Å². The number of amides is 5. The van der Waals surface area contributed by atoms with Gasteiger partial charge < -0.3 is 47.5 Å². The molecule has 0 aliphatic rings. The van der Waals surface area contributed by atoms with E-state index in [1.807, 2.05) is 24.3 Å². The summed E-state index contributed by atoms with van der Waals surface area (Å²) in [6, 6.07) is 7.16. The Balaban J connectivity index is 1.84. The van der Waals surface area contributed by atoms with Crippen molar-refractivity contribution in [2.45, 2.75) is 56.9 Å². The molecule has 0 spiro atoms. The molecule has 17 heteroatoms. The number of hydrogen-bond acceptors (Lipinski definition) is 10. The first-order chi connectivity index (χ1) is 23.8. The number of thiol groups is 2. The van der Waals surface area contributed by atoms with Gasteiger partial charge in [-0.25, -0.2) is 4.79 Å². The van der Waals surface area contributed by atoms with Crippen LogP contribution in [-0.2, 0) is 41.6 Å². The van der Waals surface area contributed by atoms with Crippen LogP contribution in [0.1, 0.15) is 25.0 Å². The Morgan fingerprint density at radius 2 is 1.26 bits per heavy atom. The lowest BCUT2D eigenvalue weighted by molar-refractivity contribution is -0.143. The van der Waals surface area contributed by atoms with E-state index in [0.29, 0.717) is 11.1 Å². The van der Waals surface area contributed by atoms with E-state index >= 15 is 0 Å². The zero-order valence-corrected chi connectivity index (χ0v) is 29.3. The zero-order valence-electron chi connectivity index (χ0n) is 27.5. The largest absolute Gasteiger partial charge is 0.508 e. The fraction of sp³-hybridized carbons (Fsp3) is 0.394. The second-order valence-corrected chi connectivity index (χ2v) is 12.6. The van der Waals surface area contributed by atoms with Gasteiger partial charge in [0, 0.05) is 41.4 Å². The van der Waals surface area contributed by atoms with E-state index in [2.05, 4.69) is 56.8 Å². The number of rotatable bonds is 18. The maximum atomic E-state index is 13.7. The fourth-order valence-corrected chi connectivity index (χ4v) is 5.55. The van der Waals surface area contributed by atoms with Crippen molar-refractivity contribution < 1.29 is 39.0 Å². The molecule has 3 rings (SSSR count). The molecule has 0 bridgehead atoms. The first kappa shape index (κ1) is 39.7. The number of para-hydroxylation sites is 1. The molecule has 0 fully saturated rings. The van der Waals surface area contributed by atoms with Crippen LogP contribution >= 0.6 is 25.3 Å². The quantitative estimate of drug-likeness (QED) is 0.0765. The highest BCUT2D eigenvalue weighted by Gasteiger charge is 2.33. The lowest BCUT2D eigenvalue weighted by Crippen LogP contribution is -2.60. The number of aromatic amines is 1. The molecule has 5 amide bonds. The molecule has 0 aliphatic heterocycles. The van der Waals surface area contributed by atoms with Gasteiger partial charge in [0.1, 0.15) is 36.0 Å². The molecule has 0 saturated heterocycles. The van der Waals surface area contributed by atoms with Crippen molar-refractivity contribution in [1.29, 1.82) is 0 Å². The molecule has 5 unspecified atom stereocenters. The van der Waals surface area contributed by atoms with Crippen molar-refractivity contribution >= 4 is 71.7 Å². The molecular weight excluding hydrogens is 687 g/mol. The van der Waals surface area contributed by atoms with E-state index in [4.69, 9.17) is 5.73 Å². The summed E-state index contributed by atoms with van der Waals surface area (Å²) in [6.07, 6.45) is 1.67. The zero-order chi connectivity index (χ0) is 37.0. The first-order valence-corrected chi connectivity index (χ1v) is 17.0. The van der Waals surface area contributed by atoms with Crippen LogP contribution in [0.5, 0.6) is 5.75 Å². The lowest BCUT2D eigenvalue weighted by Gasteiger charge is -2.26. The Hall–Kier alpha value is -4.74. The van der Waals surface area contributed by atoms with E-state index < -0.39 is 71.6 Å². The number of carboxylic acids is 1. The van der Waals surface area contributed by atoms with Crippen LogP contribution in [-0.4, -0.2) is 99.0 Å². The Morgan fingerprint density at radius 3 is 1.80 bits per heavy atom. The summed E-state index contributed by atoms with van der Waals surface area (Å²) < 4.78 is 0. The number of carbonyl (C=O) groups is 6. The minimum Gasteiger partial charge on any atom is -0.508 e. The van der Waals surface area contributed by atoms with Crippen LogP contribution in [0, 0.1) is 5.92 Å². The van der Waals surface area contributed by atoms with Crippen LogP contribution in [0.15, 0.2) is 54.7 Å². The Bertz CT molecular complexity index is 1670. The van der Waals surface area contributed by atoms with Gasteiger partial charge >= 0.3 is 5.97 Å². The summed E-state index contributed by atoms with van der Waals surface area (Å²) in [6.45, 7) is 2.86. The third kappa shape index (κ3) is 11.1. The second kappa shape index (κ2) is 18.9. The number of aromatic nitrogens is 1. The smallest absolute Gasteiger partial charge is 0.326 e. The molecule has 15 nitrogen and oxygen atoms in total. The van der Waals surface area contributed by atoms with Gasteiger partial charge in [0.05, 0.1) is 6.54 Å². The standard InChI is InChI=1S/C33H43N7O8S2/c1-17(2)28(33(47)48)40-32(46)26(16-50)39-30(44)24(12-19-14-35-22-6-4-3-5-21(19)22)37-31(45)25(15-49)38-29(43)23(36-27(42)13-34)11-18-7-9-20(41)10-8-18/h3-10,14,17,23-26,28,35,41,49-50H,11-13,15-16,34H2,1-2H3,(H,36,42)(H,37,45)(H,38,43)(H,39,44)(H,40,46)(H,47,48). The van der Waals surface area contributed by atoms with Crippen molar-refractivity contribution in [3.8, 4) is 5.75 Å². The highest BCUT2D eigenvalue weighted by molar-refractivity contribution is 7.80. The van der Waals surface area contributed by atoms with Gasteiger partial charge in [-0.05, 0) is 35.2 Å². The maximum Gasteiger partial charge on any atom is 0.326 e. The van der Waals surface area contributed by atoms with E-state index in [1.165, 1.54) is 12.1 Å². The summed E-state index contributed by atoms with van der Waals surface area (Å²) in [7, 11) is 0. The van der Waals surface area contributed by atoms with Gasteiger partial charge in [-0.3, -0.25) is 24.0 Å². The van der Waals surface area contributed by atoms with Crippen LogP contribution in [0.25, 0.3) is 10.9 Å². The van der Waals surface area contributed by atoms with Crippen molar-refractivity contribution in [2.24, 2.45) is 11.7 Å². The monoisotopic (exact) mass is 729 g/mol. The molecule has 5 atom stereocenters. The SMILES string of the molecule is CC(C)C(NC(=O)C(CS)NC(=O)C(Cc1c[nH]c2ccccc12)NC(=O)C(CS)NC(=O)C(Cc1ccc(O)cc1)NC(=O)CN)C(=O)O. The predicted molar refractivity (Wildman–Crippen MR) is 193 cm³/mol. The van der Waals surface area contributed by atoms with Crippen molar-refractivity contribution in [3.05, 3.63) is 65.9 Å². The molecule has 3 aromatic rings. The number of hydrogen-bond donors (Lipinski definition) is 11. The van der Waals surface area contributed by atoms with Crippen LogP contribution in [0.2, 0.25) is 0 Å². The molecule has 50 heavy (non-hydrogen) atoms. The van der Waals surface area contributed by atoms with Gasteiger partial charge in [0.25, 0.3) is 0 Å². The number of carboxylic acid groups (broad SMARTS) is 1. The highest BCUT2D eigenvalue weighted by atomic mass is 32.1. The third-order valence-corrected chi connectivity index (χ3v) is 8.54. The van der Waals surface area contributed by atoms with Crippen LogP contribution in [0.4, 0.5) is 0 Å². The average molecular weight is 730 g/mol. The predicted octanol–water partition coefficient (Wildman–Crippen LogP) is -0.358. The number of aliphatic carboxylic acids is 1. The minimum absolute atomic E-state index is 0.0110. The first-order valence-electron chi connectivity index (χ1n) is 15.8. The van der Waals surface area contributed by atoms with E-state index in [0.717, 1.165) is 10.9 Å². The summed E-state index contributed by atoms with van der Waals surface area (Å²) in [4.78, 5) is 80.7. The number of nitrogens with one attached hydrogen (secondary N) is 6. The molecule has 1 aromatic heterocycles. The van der Waals surface area contributed by atoms with Crippen molar-refractivity contribution in [3.63, 3.8) is 0 Å². The lowest BCUT2D eigenvalue weighted by atomic mass is 10.0. The highest BCUT2D eigenvalue weighted by Crippen LogP contribution is 2.19. The summed E-state index contributed by atoms with van der Waals surface area (Å²) in [5.74, 6) is -5.70. The molecule has 0 saturated carbocycles. The molecular formula is C33H43N7O8S2. The number of phenolic OH excluding ortho intramolecular Hbond substituents is 1. The Labute approximate surface area is 299 Å². The molecule has 10 N–H and O–H groups in total. The van der Waals surface area contributed by atoms with Crippen LogP contribution in [0.3, 0.4) is 0 Å². The second-order valence-electron chi connectivity index (χ2n) is 11.9. The van der Waals surface area contributed by atoms with Crippen molar-refractivity contribution in [1.82, 2.24) is 31.6 Å². The molecule has 2 aromatic carbocycles. The number of aromatic hydroxyl groups is 1. The third-order valence-electron chi connectivity index (χ3n) is 7.81. The number of carbonyl (C=O) groups excluding carboxylic acids is 5. The van der Waals surface area contributed by atoms with E-state index in [1.54, 1.807) is 32.2 Å². The van der Waals surface area contributed by atoms with E-state index in [-0.39, 0.29) is 36.6 Å². The minimum atomic E-state index is -1.28. The topological polar surface area (TPSA) is 245 Å². The number of phenols is 1. The van der Waals surface area contributed by atoms with E-state index in [9.17, 15) is 39.0 Å². The number of benzene rings is 2. The summed E-state index contributed by atoms with van der Waals surface area (Å²) >= 11 is 8.43. The molecule has 270 valence electrons. The molecule has 0 aliphatic carbocycles. The van der Waals surface area contributed by atoms with Gasteiger partial charge in [0.2, 0.25) is 29.5 Å². The normalized spacial score (nSPS) is 14.1. The molecule has 0 radical (unpaired) electrons. The fourth-order valence-electron chi connectivity index (χ4n) is 5.03. The van der Waals surface area contributed by atoms with Crippen LogP contribution < -0.4 is 32.3 Å². The summed E-state index contributed by atoms with van der Waals surface area (Å²) in [5, 5.41) is 32.6. The van der Waals surface area contributed by atoms with Gasteiger partial charge in [-0.1, -0.05) is 44.2 Å². The Kier molecular flexibility index (Phi) is 15.0. The maximum absolute atomic E-state index is 13.7. The Morgan fingerprint density at radius 1 is 0.740 bits per heavy atom. The van der Waals surface area contributed by atoms with Gasteiger partial charge in [-0.2, -0.15) is 25.3 Å².